The van der Waals surface area contributed by atoms with Crippen molar-refractivity contribution in [1.82, 2.24) is 4.72 Å². The van der Waals surface area contributed by atoms with Gasteiger partial charge in [0.25, 0.3) is 0 Å². The van der Waals surface area contributed by atoms with Gasteiger partial charge < -0.3 is 5.73 Å². The molecule has 2 unspecified atom stereocenters. The highest BCUT2D eigenvalue weighted by molar-refractivity contribution is 7.99. The summed E-state index contributed by atoms with van der Waals surface area (Å²) in [6.45, 7) is 4.25. The van der Waals surface area contributed by atoms with Gasteiger partial charge in [0.2, 0.25) is 10.0 Å². The van der Waals surface area contributed by atoms with Gasteiger partial charge in [-0.3, -0.25) is 0 Å². The molecule has 0 bridgehead atoms. The fraction of sp³-hybridized carbons (Fsp3) is 0.889. The Kier molecular flexibility index (Phi) is 7.54. The Labute approximate surface area is 108 Å². The largest absolute Gasteiger partial charge is 0.392 e. The third kappa shape index (κ3) is 5.47. The summed E-state index contributed by atoms with van der Waals surface area (Å²) in [5, 5.41) is -0.320. The van der Waals surface area contributed by atoms with E-state index in [9.17, 15) is 8.42 Å². The molecule has 16 heavy (non-hydrogen) atoms. The molecule has 0 saturated carbocycles. The summed E-state index contributed by atoms with van der Waals surface area (Å²) in [7, 11) is -3.40. The molecule has 96 valence electrons. The highest BCUT2D eigenvalue weighted by atomic mass is 32.2. The van der Waals surface area contributed by atoms with Gasteiger partial charge in [0, 0.05) is 11.8 Å². The van der Waals surface area contributed by atoms with Crippen LogP contribution in [-0.4, -0.2) is 36.7 Å². The third-order valence-corrected chi connectivity index (χ3v) is 5.74. The van der Waals surface area contributed by atoms with Crippen LogP contribution in [0, 0.1) is 0 Å². The fourth-order valence-electron chi connectivity index (χ4n) is 1.20. The summed E-state index contributed by atoms with van der Waals surface area (Å²) in [4.78, 5) is 0.0351. The van der Waals surface area contributed by atoms with Gasteiger partial charge in [-0.2, -0.15) is 11.8 Å². The first-order valence-corrected chi connectivity index (χ1v) is 8.40. The molecule has 0 heterocycles. The van der Waals surface area contributed by atoms with E-state index in [1.165, 1.54) is 0 Å². The zero-order valence-corrected chi connectivity index (χ0v) is 12.3. The zero-order valence-electron chi connectivity index (χ0n) is 9.89. The van der Waals surface area contributed by atoms with Crippen molar-refractivity contribution in [3.63, 3.8) is 0 Å². The summed E-state index contributed by atoms with van der Waals surface area (Å²) in [6.07, 6.45) is 3.21. The maximum Gasteiger partial charge on any atom is 0.220 e. The molecule has 0 saturated heterocycles. The Hall–Kier alpha value is 0.150. The van der Waals surface area contributed by atoms with Gasteiger partial charge in [0.1, 0.15) is 5.25 Å². The van der Waals surface area contributed by atoms with Crippen LogP contribution in [0.4, 0.5) is 0 Å². The Morgan fingerprint density at radius 1 is 1.56 bits per heavy atom. The van der Waals surface area contributed by atoms with Crippen molar-refractivity contribution in [3.8, 4) is 0 Å². The van der Waals surface area contributed by atoms with Gasteiger partial charge >= 0.3 is 0 Å². The molecule has 0 aromatic carbocycles. The predicted molar refractivity (Wildman–Crippen MR) is 75.4 cm³/mol. The van der Waals surface area contributed by atoms with Crippen LogP contribution in [0.2, 0.25) is 0 Å². The number of hydrogen-bond donors (Lipinski definition) is 2. The second-order valence-corrected chi connectivity index (χ2v) is 7.27. The minimum absolute atomic E-state index is 0.0351. The molecule has 2 atom stereocenters. The van der Waals surface area contributed by atoms with Crippen molar-refractivity contribution in [3.05, 3.63) is 0 Å². The SMILES string of the molecule is CCC(C(N)=S)S(=O)(=O)NCCC(C)SC. The minimum Gasteiger partial charge on any atom is -0.392 e. The fourth-order valence-corrected chi connectivity index (χ4v) is 3.44. The molecular weight excluding hydrogens is 264 g/mol. The molecule has 0 rings (SSSR count). The molecule has 4 nitrogen and oxygen atoms in total. The van der Waals surface area contributed by atoms with Gasteiger partial charge in [0.15, 0.2) is 0 Å². The van der Waals surface area contributed by atoms with Gasteiger partial charge in [-0.1, -0.05) is 26.1 Å². The van der Waals surface area contributed by atoms with Crippen LogP contribution in [0.15, 0.2) is 0 Å². The molecule has 0 amide bonds. The van der Waals surface area contributed by atoms with Crippen molar-refractivity contribution < 1.29 is 8.42 Å². The van der Waals surface area contributed by atoms with E-state index in [2.05, 4.69) is 11.6 Å². The molecule has 3 N–H and O–H groups in total. The normalized spacial score (nSPS) is 15.7. The number of thioether (sulfide) groups is 1. The van der Waals surface area contributed by atoms with E-state index in [1.54, 1.807) is 18.7 Å². The van der Waals surface area contributed by atoms with Crippen LogP contribution in [0.25, 0.3) is 0 Å². The Morgan fingerprint density at radius 2 is 2.12 bits per heavy atom. The maximum absolute atomic E-state index is 11.8. The van der Waals surface area contributed by atoms with E-state index in [4.69, 9.17) is 18.0 Å². The standard InChI is InChI=1S/C9H20N2O2S3/c1-4-8(9(10)14)16(12,13)11-6-5-7(2)15-3/h7-8,11H,4-6H2,1-3H3,(H2,10,14). The topological polar surface area (TPSA) is 72.2 Å². The summed E-state index contributed by atoms with van der Waals surface area (Å²) >= 11 is 6.45. The van der Waals surface area contributed by atoms with Crippen molar-refractivity contribution in [2.75, 3.05) is 12.8 Å². The molecule has 0 aromatic rings. The number of nitrogens with one attached hydrogen (secondary N) is 1. The molecule has 7 heteroatoms. The van der Waals surface area contributed by atoms with Crippen molar-refractivity contribution in [1.29, 1.82) is 0 Å². The van der Waals surface area contributed by atoms with E-state index in [0.717, 1.165) is 6.42 Å². The van der Waals surface area contributed by atoms with E-state index < -0.39 is 15.3 Å². The van der Waals surface area contributed by atoms with Crippen LogP contribution in [0.1, 0.15) is 26.7 Å². The van der Waals surface area contributed by atoms with E-state index >= 15 is 0 Å². The molecule has 0 radical (unpaired) electrons. The second-order valence-electron chi connectivity index (χ2n) is 3.57. The first kappa shape index (κ1) is 16.1. The van der Waals surface area contributed by atoms with Crippen molar-refractivity contribution in [2.45, 2.75) is 37.2 Å². The molecule has 0 spiro atoms. The minimum atomic E-state index is -3.40. The van der Waals surface area contributed by atoms with E-state index in [0.29, 0.717) is 18.2 Å². The maximum atomic E-state index is 11.8. The monoisotopic (exact) mass is 284 g/mol. The highest BCUT2D eigenvalue weighted by Crippen LogP contribution is 2.09. The molecule has 0 fully saturated rings. The van der Waals surface area contributed by atoms with E-state index in [-0.39, 0.29) is 4.99 Å². The van der Waals surface area contributed by atoms with Crippen molar-refractivity contribution >= 4 is 39.0 Å². The molecule has 0 aliphatic carbocycles. The Bertz CT molecular complexity index is 317. The number of nitrogens with two attached hydrogens (primary N) is 1. The van der Waals surface area contributed by atoms with Crippen LogP contribution < -0.4 is 10.5 Å². The van der Waals surface area contributed by atoms with Crippen molar-refractivity contribution in [2.24, 2.45) is 5.73 Å². The summed E-state index contributed by atoms with van der Waals surface area (Å²) < 4.78 is 26.1. The lowest BCUT2D eigenvalue weighted by molar-refractivity contribution is 0.572. The lowest BCUT2D eigenvalue weighted by atomic mass is 10.3. The average Bonchev–Trinajstić information content (AvgIpc) is 2.16. The molecule has 0 aliphatic rings. The number of sulfonamides is 1. The second kappa shape index (κ2) is 7.47. The summed E-state index contributed by atoms with van der Waals surface area (Å²) in [5.74, 6) is 0. The highest BCUT2D eigenvalue weighted by Gasteiger charge is 2.25. The van der Waals surface area contributed by atoms with Gasteiger partial charge in [-0.05, 0) is 19.1 Å². The van der Waals surface area contributed by atoms with Gasteiger partial charge in [-0.25, -0.2) is 13.1 Å². The molecule has 0 aromatic heterocycles. The van der Waals surface area contributed by atoms with Gasteiger partial charge in [-0.15, -0.1) is 0 Å². The lowest BCUT2D eigenvalue weighted by Gasteiger charge is -2.16. The third-order valence-electron chi connectivity index (χ3n) is 2.32. The predicted octanol–water partition coefficient (Wildman–Crippen LogP) is 1.11. The summed E-state index contributed by atoms with van der Waals surface area (Å²) in [6, 6.07) is 0. The molecule has 0 aliphatic heterocycles. The zero-order chi connectivity index (χ0) is 12.8. The average molecular weight is 284 g/mol. The lowest BCUT2D eigenvalue weighted by Crippen LogP contribution is -2.42. The van der Waals surface area contributed by atoms with Crippen LogP contribution in [-0.2, 0) is 10.0 Å². The van der Waals surface area contributed by atoms with Crippen LogP contribution >= 0.6 is 24.0 Å². The van der Waals surface area contributed by atoms with Crippen LogP contribution in [0.5, 0.6) is 0 Å². The Balaban J connectivity index is 4.29. The first-order chi connectivity index (χ1) is 7.35. The number of hydrogen-bond acceptors (Lipinski definition) is 4. The van der Waals surface area contributed by atoms with Crippen LogP contribution in [0.3, 0.4) is 0 Å². The van der Waals surface area contributed by atoms with Gasteiger partial charge in [0.05, 0.1) is 4.99 Å². The number of rotatable bonds is 8. The quantitative estimate of drug-likeness (QED) is 0.653. The number of thiocarbonyl (C=S) groups is 1. The Morgan fingerprint density at radius 3 is 2.50 bits per heavy atom. The summed E-state index contributed by atoms with van der Waals surface area (Å²) in [5.41, 5.74) is 5.40. The smallest absolute Gasteiger partial charge is 0.220 e. The first-order valence-electron chi connectivity index (χ1n) is 5.15. The molecular formula is C9H20N2O2S3. The van der Waals surface area contributed by atoms with E-state index in [1.807, 2.05) is 6.26 Å².